The Balaban J connectivity index is 1.72. The molecule has 0 radical (unpaired) electrons. The van der Waals surface area contributed by atoms with Crippen molar-refractivity contribution in [1.82, 2.24) is 10.2 Å². The number of nitrogens with zero attached hydrogens (tertiary/aromatic N) is 1. The predicted octanol–water partition coefficient (Wildman–Crippen LogP) is 2.07. The van der Waals surface area contributed by atoms with Crippen molar-refractivity contribution in [3.05, 3.63) is 0 Å². The Morgan fingerprint density at radius 2 is 1.90 bits per heavy atom. The molecule has 1 saturated heterocycles. The molecule has 0 aromatic carbocycles. The average Bonchev–Trinajstić information content (AvgIpc) is 3.13. The standard InChI is InChI=1S/C15H24N2O3/c1-14(2,3)16-13(20)17-8-15(7-11(17)12(18)19)6-10(15)9-4-5-9/h9-11H,4-8H2,1-3H3,(H,16,20)(H,18,19)/t10-,11-,15+/m0/s1. The van der Waals surface area contributed by atoms with Gasteiger partial charge in [-0.15, -0.1) is 0 Å². The fraction of sp³-hybridized carbons (Fsp3) is 0.867. The monoisotopic (exact) mass is 280 g/mol. The highest BCUT2D eigenvalue weighted by Crippen LogP contribution is 2.67. The SMILES string of the molecule is CC(C)(C)NC(=O)N1C[C@]2(C[C@H]1C(=O)O)C[C@H]2C1CC1. The van der Waals surface area contributed by atoms with Gasteiger partial charge >= 0.3 is 12.0 Å². The summed E-state index contributed by atoms with van der Waals surface area (Å²) >= 11 is 0. The van der Waals surface area contributed by atoms with E-state index in [1.165, 1.54) is 12.8 Å². The van der Waals surface area contributed by atoms with E-state index in [9.17, 15) is 14.7 Å². The van der Waals surface area contributed by atoms with Crippen LogP contribution in [0.2, 0.25) is 0 Å². The van der Waals surface area contributed by atoms with Gasteiger partial charge in [-0.2, -0.15) is 0 Å². The lowest BCUT2D eigenvalue weighted by Crippen LogP contribution is -2.51. The van der Waals surface area contributed by atoms with E-state index in [0.29, 0.717) is 18.9 Å². The molecule has 1 spiro atoms. The number of carboxylic acids is 1. The summed E-state index contributed by atoms with van der Waals surface area (Å²) in [5.41, 5.74) is -0.227. The molecule has 5 nitrogen and oxygen atoms in total. The Morgan fingerprint density at radius 3 is 2.40 bits per heavy atom. The van der Waals surface area contributed by atoms with Crippen molar-refractivity contribution in [2.45, 2.75) is 58.0 Å². The van der Waals surface area contributed by atoms with E-state index < -0.39 is 12.0 Å². The van der Waals surface area contributed by atoms with E-state index in [4.69, 9.17) is 0 Å². The molecular weight excluding hydrogens is 256 g/mol. The number of carbonyl (C=O) groups is 2. The first-order valence-electron chi connectivity index (χ1n) is 7.53. The number of amides is 2. The van der Waals surface area contributed by atoms with E-state index in [2.05, 4.69) is 5.32 Å². The van der Waals surface area contributed by atoms with E-state index >= 15 is 0 Å². The number of hydrogen-bond donors (Lipinski definition) is 2. The summed E-state index contributed by atoms with van der Waals surface area (Å²) in [7, 11) is 0. The minimum atomic E-state index is -0.868. The smallest absolute Gasteiger partial charge is 0.326 e. The fourth-order valence-corrected chi connectivity index (χ4v) is 3.80. The molecular formula is C15H24N2O3. The Bertz CT molecular complexity index is 453. The lowest BCUT2D eigenvalue weighted by molar-refractivity contribution is -0.141. The normalized spacial score (nSPS) is 36.2. The van der Waals surface area contributed by atoms with Crippen LogP contribution in [-0.2, 0) is 4.79 Å². The van der Waals surface area contributed by atoms with Gasteiger partial charge in [0, 0.05) is 12.1 Å². The number of nitrogens with one attached hydrogen (secondary N) is 1. The molecule has 3 rings (SSSR count). The van der Waals surface area contributed by atoms with Gasteiger partial charge in [0.25, 0.3) is 0 Å². The highest BCUT2D eigenvalue weighted by Gasteiger charge is 2.65. The molecule has 0 bridgehead atoms. The van der Waals surface area contributed by atoms with Gasteiger partial charge in [0.15, 0.2) is 0 Å². The molecule has 0 aromatic heterocycles. The van der Waals surface area contributed by atoms with Crippen molar-refractivity contribution in [1.29, 1.82) is 0 Å². The van der Waals surface area contributed by atoms with Crippen molar-refractivity contribution in [2.24, 2.45) is 17.3 Å². The van der Waals surface area contributed by atoms with Crippen LogP contribution in [0.5, 0.6) is 0 Å². The number of likely N-dealkylation sites (tertiary alicyclic amines) is 1. The van der Waals surface area contributed by atoms with Crippen LogP contribution in [0.15, 0.2) is 0 Å². The van der Waals surface area contributed by atoms with Gasteiger partial charge in [0.2, 0.25) is 0 Å². The number of rotatable bonds is 2. The van der Waals surface area contributed by atoms with E-state index in [1.807, 2.05) is 20.8 Å². The fourth-order valence-electron chi connectivity index (χ4n) is 3.80. The highest BCUT2D eigenvalue weighted by atomic mass is 16.4. The van der Waals surface area contributed by atoms with Gasteiger partial charge < -0.3 is 15.3 Å². The summed E-state index contributed by atoms with van der Waals surface area (Å²) in [6, 6.07) is -0.885. The molecule has 20 heavy (non-hydrogen) atoms. The number of urea groups is 1. The molecule has 3 aliphatic rings. The number of carbonyl (C=O) groups excluding carboxylic acids is 1. The van der Waals surface area contributed by atoms with Gasteiger partial charge in [0.05, 0.1) is 0 Å². The molecule has 3 fully saturated rings. The summed E-state index contributed by atoms with van der Waals surface area (Å²) in [5, 5.41) is 12.3. The quantitative estimate of drug-likeness (QED) is 0.813. The summed E-state index contributed by atoms with van der Waals surface area (Å²) < 4.78 is 0. The minimum absolute atomic E-state index is 0.111. The maximum absolute atomic E-state index is 12.3. The molecule has 3 atom stereocenters. The van der Waals surface area contributed by atoms with Gasteiger partial charge in [-0.3, -0.25) is 0 Å². The largest absolute Gasteiger partial charge is 0.480 e. The first-order chi connectivity index (χ1) is 9.22. The Labute approximate surface area is 119 Å². The molecule has 0 aromatic rings. The van der Waals surface area contributed by atoms with Gasteiger partial charge in [-0.25, -0.2) is 9.59 Å². The third kappa shape index (κ3) is 2.38. The Hall–Kier alpha value is -1.26. The second kappa shape index (κ2) is 4.12. The molecule has 2 saturated carbocycles. The highest BCUT2D eigenvalue weighted by molar-refractivity contribution is 5.84. The summed E-state index contributed by atoms with van der Waals surface area (Å²) in [4.78, 5) is 25.4. The Morgan fingerprint density at radius 1 is 1.25 bits per heavy atom. The second-order valence-electron chi connectivity index (χ2n) is 7.88. The van der Waals surface area contributed by atoms with Crippen LogP contribution in [0.3, 0.4) is 0 Å². The third-order valence-corrected chi connectivity index (χ3v) is 4.93. The van der Waals surface area contributed by atoms with Crippen LogP contribution in [0.25, 0.3) is 0 Å². The number of carboxylic acid groups (broad SMARTS) is 1. The summed E-state index contributed by atoms with van der Waals surface area (Å²) in [5.74, 6) is 0.597. The Kier molecular flexibility index (Phi) is 2.82. The van der Waals surface area contributed by atoms with Crippen LogP contribution in [0.4, 0.5) is 4.79 Å². The molecule has 1 heterocycles. The zero-order valence-corrected chi connectivity index (χ0v) is 12.5. The van der Waals surface area contributed by atoms with Gasteiger partial charge in [-0.1, -0.05) is 0 Å². The van der Waals surface area contributed by atoms with Crippen molar-refractivity contribution >= 4 is 12.0 Å². The van der Waals surface area contributed by atoms with Crippen molar-refractivity contribution in [2.75, 3.05) is 6.54 Å². The van der Waals surface area contributed by atoms with Crippen LogP contribution < -0.4 is 5.32 Å². The maximum Gasteiger partial charge on any atom is 0.326 e. The predicted molar refractivity (Wildman–Crippen MR) is 74.3 cm³/mol. The van der Waals surface area contributed by atoms with Crippen molar-refractivity contribution in [3.8, 4) is 0 Å². The molecule has 2 amide bonds. The first-order valence-corrected chi connectivity index (χ1v) is 7.53. The van der Waals surface area contributed by atoms with Crippen LogP contribution in [0.1, 0.15) is 46.5 Å². The first kappa shape index (κ1) is 13.7. The number of hydrogen-bond acceptors (Lipinski definition) is 2. The van der Waals surface area contributed by atoms with Crippen LogP contribution >= 0.6 is 0 Å². The third-order valence-electron chi connectivity index (χ3n) is 4.93. The molecule has 112 valence electrons. The zero-order chi connectivity index (χ0) is 14.7. The van der Waals surface area contributed by atoms with Gasteiger partial charge in [-0.05, 0) is 63.7 Å². The van der Waals surface area contributed by atoms with E-state index in [0.717, 1.165) is 12.3 Å². The summed E-state index contributed by atoms with van der Waals surface area (Å²) in [6.07, 6.45) is 4.33. The lowest BCUT2D eigenvalue weighted by Gasteiger charge is -2.28. The minimum Gasteiger partial charge on any atom is -0.480 e. The van der Waals surface area contributed by atoms with Crippen LogP contribution in [0, 0.1) is 17.3 Å². The topological polar surface area (TPSA) is 69.6 Å². The molecule has 2 aliphatic carbocycles. The summed E-state index contributed by atoms with van der Waals surface area (Å²) in [6.45, 7) is 6.36. The van der Waals surface area contributed by atoms with Crippen LogP contribution in [-0.4, -0.2) is 40.1 Å². The molecule has 1 aliphatic heterocycles. The van der Waals surface area contributed by atoms with Crippen molar-refractivity contribution in [3.63, 3.8) is 0 Å². The van der Waals surface area contributed by atoms with E-state index in [-0.39, 0.29) is 17.0 Å². The molecule has 5 heteroatoms. The maximum atomic E-state index is 12.3. The lowest BCUT2D eigenvalue weighted by atomic mass is 9.98. The molecule has 2 N–H and O–H groups in total. The number of aliphatic carboxylic acids is 1. The van der Waals surface area contributed by atoms with Crippen molar-refractivity contribution < 1.29 is 14.7 Å². The van der Waals surface area contributed by atoms with E-state index in [1.54, 1.807) is 4.90 Å². The molecule has 0 unspecified atom stereocenters. The second-order valence-corrected chi connectivity index (χ2v) is 7.88. The average molecular weight is 280 g/mol. The van der Waals surface area contributed by atoms with Gasteiger partial charge in [0.1, 0.15) is 6.04 Å². The zero-order valence-electron chi connectivity index (χ0n) is 12.5.